The molecular weight excluding hydrogens is 1020 g/mol. The Labute approximate surface area is 441 Å². The van der Waals surface area contributed by atoms with Crippen LogP contribution >= 0.6 is 15.6 Å². The molecule has 1 aromatic rings. The molecule has 1 fully saturated rings. The van der Waals surface area contributed by atoms with Gasteiger partial charge in [-0.25, -0.2) is 13.9 Å². The minimum absolute atomic E-state index is 0.0184. The molecule has 2 rings (SSSR count). The summed E-state index contributed by atoms with van der Waals surface area (Å²) in [5.74, 6) is -1.72. The van der Waals surface area contributed by atoms with Crippen LogP contribution < -0.4 is 11.4 Å². The van der Waals surface area contributed by atoms with E-state index in [9.17, 15) is 58.8 Å². The normalized spacial score (nSPS) is 20.8. The molecule has 1 aromatic heterocycles. The van der Waals surface area contributed by atoms with Gasteiger partial charge in [-0.15, -0.1) is 0 Å². The van der Waals surface area contributed by atoms with Crippen molar-refractivity contribution in [2.45, 2.75) is 185 Å². The van der Waals surface area contributed by atoms with Gasteiger partial charge in [-0.2, -0.15) is 9.29 Å². The Morgan fingerprint density at radius 3 is 2.00 bits per heavy atom. The van der Waals surface area contributed by atoms with Crippen molar-refractivity contribution in [2.24, 2.45) is 0 Å². The molecule has 2 unspecified atom stereocenters. The quantitative estimate of drug-likeness (QED) is 0.0103. The zero-order valence-corrected chi connectivity index (χ0v) is 45.2. The number of ether oxygens (including phenoxy) is 3. The number of aliphatic hydroxyl groups excluding tert-OH is 5. The number of carbonyl (C=O) groups excluding carboxylic acids is 2. The highest BCUT2D eigenvalue weighted by Crippen LogP contribution is 2.60. The molecule has 0 spiro atoms. The SMILES string of the molecule is CCCCCCCC/C=C\C/C=C\C/C=C\CCCC(=O)OC[C@H](COP(=O)(O)OP(=O)(O)OC[C@H]1O[C@@H](n2ccc(N)nc2=O)[C@H](O)[C@@H]1O)OC(=O)CCC[C@H](O)[C@@H](O)/C=C/C=C/C=C\C=C\[C@@H](O)CCCCC. The molecule has 2 heterocycles. The van der Waals surface area contributed by atoms with Crippen LogP contribution in [0.5, 0.6) is 0 Å². The van der Waals surface area contributed by atoms with E-state index in [0.717, 1.165) is 49.3 Å². The maximum absolute atomic E-state index is 12.9. The third-order valence-corrected chi connectivity index (χ3v) is 13.9. The van der Waals surface area contributed by atoms with Crippen LogP contribution in [0.2, 0.25) is 0 Å². The zero-order chi connectivity index (χ0) is 55.3. The third kappa shape index (κ3) is 31.6. The summed E-state index contributed by atoms with van der Waals surface area (Å²) >= 11 is 0. The first-order valence-corrected chi connectivity index (χ1v) is 28.9. The number of rotatable bonds is 41. The van der Waals surface area contributed by atoms with Gasteiger partial charge in [0.25, 0.3) is 0 Å². The number of hydrogen-bond acceptors (Lipinski definition) is 18. The number of aliphatic hydroxyl groups is 5. The maximum atomic E-state index is 12.9. The van der Waals surface area contributed by atoms with Crippen LogP contribution in [0.25, 0.3) is 0 Å². The number of nitrogens with two attached hydrogens (primary N) is 1. The van der Waals surface area contributed by atoms with E-state index in [0.29, 0.717) is 19.3 Å². The number of carbonyl (C=O) groups is 2. The molecular formula is C52H83N3O18P2. The molecule has 1 aliphatic heterocycles. The number of esters is 2. The Hall–Kier alpha value is -4.18. The van der Waals surface area contributed by atoms with Gasteiger partial charge in [0.1, 0.15) is 30.7 Å². The van der Waals surface area contributed by atoms with Crippen molar-refractivity contribution in [1.29, 1.82) is 0 Å². The third-order valence-electron chi connectivity index (χ3n) is 11.3. The highest BCUT2D eigenvalue weighted by Gasteiger charge is 2.46. The Kier molecular flexibility index (Phi) is 35.0. The van der Waals surface area contributed by atoms with Crippen LogP contribution in [0.1, 0.15) is 142 Å². The molecule has 23 heteroatoms. The second-order valence-electron chi connectivity index (χ2n) is 17.9. The molecule has 0 bridgehead atoms. The molecule has 10 atom stereocenters. The van der Waals surface area contributed by atoms with E-state index in [1.54, 1.807) is 36.5 Å². The van der Waals surface area contributed by atoms with Crippen molar-refractivity contribution in [2.75, 3.05) is 25.6 Å². The number of phosphoric acid groups is 2. The van der Waals surface area contributed by atoms with E-state index < -0.39 is 102 Å². The lowest BCUT2D eigenvalue weighted by molar-refractivity contribution is -0.161. The fraction of sp³-hybridized carbons (Fsp3) is 0.615. The van der Waals surface area contributed by atoms with Crippen LogP contribution in [0.3, 0.4) is 0 Å². The smallest absolute Gasteiger partial charge is 0.462 e. The van der Waals surface area contributed by atoms with Gasteiger partial charge < -0.3 is 55.3 Å². The summed E-state index contributed by atoms with van der Waals surface area (Å²) in [5.41, 5.74) is 4.55. The summed E-state index contributed by atoms with van der Waals surface area (Å²) in [6.07, 6.45) is 30.2. The lowest BCUT2D eigenvalue weighted by Gasteiger charge is -2.21. The lowest BCUT2D eigenvalue weighted by Crippen LogP contribution is -2.36. The first kappa shape index (κ1) is 66.9. The first-order chi connectivity index (χ1) is 35.9. The van der Waals surface area contributed by atoms with Gasteiger partial charge in [0.15, 0.2) is 12.3 Å². The lowest BCUT2D eigenvalue weighted by atomic mass is 10.1. The molecule has 0 amide bonds. The Morgan fingerprint density at radius 1 is 0.733 bits per heavy atom. The molecule has 75 heavy (non-hydrogen) atoms. The summed E-state index contributed by atoms with van der Waals surface area (Å²) in [4.78, 5) is 61.9. The van der Waals surface area contributed by atoms with Crippen molar-refractivity contribution in [3.05, 3.63) is 108 Å². The van der Waals surface area contributed by atoms with Crippen LogP contribution in [-0.2, 0) is 46.3 Å². The van der Waals surface area contributed by atoms with E-state index in [4.69, 9.17) is 29.0 Å². The molecule has 9 N–H and O–H groups in total. The van der Waals surface area contributed by atoms with Crippen LogP contribution in [-0.4, -0.2) is 119 Å². The monoisotopic (exact) mass is 1100 g/mol. The highest BCUT2D eigenvalue weighted by molar-refractivity contribution is 7.61. The van der Waals surface area contributed by atoms with E-state index in [1.807, 2.05) is 12.2 Å². The largest absolute Gasteiger partial charge is 0.481 e. The predicted octanol–water partition coefficient (Wildman–Crippen LogP) is 7.58. The minimum Gasteiger partial charge on any atom is -0.462 e. The zero-order valence-electron chi connectivity index (χ0n) is 43.4. The van der Waals surface area contributed by atoms with E-state index in [-0.39, 0.29) is 31.5 Å². The van der Waals surface area contributed by atoms with Crippen LogP contribution in [0.4, 0.5) is 5.82 Å². The van der Waals surface area contributed by atoms with Crippen molar-refractivity contribution in [1.82, 2.24) is 9.55 Å². The molecule has 0 saturated carbocycles. The number of allylic oxidation sites excluding steroid dienone is 12. The number of unbranched alkanes of at least 4 members (excludes halogenated alkanes) is 9. The predicted molar refractivity (Wildman–Crippen MR) is 283 cm³/mol. The number of hydrogen-bond donors (Lipinski definition) is 8. The molecule has 1 aliphatic rings. The summed E-state index contributed by atoms with van der Waals surface area (Å²) in [5, 5.41) is 51.7. The number of anilines is 1. The Bertz CT molecular complexity index is 2140. The maximum Gasteiger partial charge on any atom is 0.481 e. The second kappa shape index (κ2) is 39.2. The minimum atomic E-state index is -5.53. The van der Waals surface area contributed by atoms with Crippen molar-refractivity contribution in [3.63, 3.8) is 0 Å². The Morgan fingerprint density at radius 2 is 1.32 bits per heavy atom. The van der Waals surface area contributed by atoms with Crippen LogP contribution in [0.15, 0.2) is 102 Å². The molecule has 424 valence electrons. The fourth-order valence-corrected chi connectivity index (χ4v) is 9.23. The van der Waals surface area contributed by atoms with Crippen LogP contribution in [0, 0.1) is 0 Å². The summed E-state index contributed by atoms with van der Waals surface area (Å²) in [6, 6.07) is 1.22. The number of nitrogen functional groups attached to an aromatic ring is 1. The van der Waals surface area contributed by atoms with Crippen molar-refractivity contribution < 1.29 is 81.6 Å². The number of phosphoric ester groups is 2. The molecule has 0 aliphatic carbocycles. The highest BCUT2D eigenvalue weighted by atomic mass is 31.3. The standard InChI is InChI=1S/C52H83N3O18P2/c1-3-5-7-8-9-10-11-12-13-14-15-16-17-18-19-24-28-34-47(59)68-38-42(71-48(60)35-29-33-44(58)43(57)32-27-23-21-20-22-26-31-41(56)30-25-6-4-2)39-69-74(64,65)73-75(66,67)70-40-45-49(61)50(62)51(72-45)55-37-36-46(53)54-52(55)63/h12-13,15-16,18-23,26-27,31-32,36-37,41-45,49-51,56-58,61-62H,3-11,14,17,24-25,28-30,33-35,38-40H2,1-2H3,(H,64,65)(H,66,67)(H2,53,54,63)/b13-12-,16-15-,19-18-,22-20-,23-21+,31-26+,32-27+/t41-,42+,43-,44-,45+,49+,50+,51+/m0/s1. The van der Waals surface area contributed by atoms with Crippen molar-refractivity contribution >= 4 is 33.4 Å². The molecule has 0 aromatic carbocycles. The van der Waals surface area contributed by atoms with Crippen molar-refractivity contribution in [3.8, 4) is 0 Å². The summed E-state index contributed by atoms with van der Waals surface area (Å²) in [7, 11) is -11.0. The second-order valence-corrected chi connectivity index (χ2v) is 20.9. The van der Waals surface area contributed by atoms with Gasteiger partial charge in [-0.3, -0.25) is 23.2 Å². The van der Waals surface area contributed by atoms with Gasteiger partial charge in [0, 0.05) is 19.0 Å². The average Bonchev–Trinajstić information content (AvgIpc) is 3.64. The number of nitrogens with zero attached hydrogens (tertiary/aromatic N) is 2. The van der Waals surface area contributed by atoms with E-state index in [1.165, 1.54) is 56.7 Å². The van der Waals surface area contributed by atoms with E-state index in [2.05, 4.69) is 47.4 Å². The van der Waals surface area contributed by atoms with Gasteiger partial charge in [0.2, 0.25) is 0 Å². The fourth-order valence-electron chi connectivity index (χ4n) is 7.12. The average molecular weight is 1100 g/mol. The number of aromatic nitrogens is 2. The summed E-state index contributed by atoms with van der Waals surface area (Å²) < 4.78 is 56.4. The van der Waals surface area contributed by atoms with Gasteiger partial charge in [0.05, 0.1) is 31.5 Å². The van der Waals surface area contributed by atoms with Gasteiger partial charge in [-0.1, -0.05) is 150 Å². The first-order valence-electron chi connectivity index (χ1n) is 25.9. The molecule has 1 saturated heterocycles. The van der Waals surface area contributed by atoms with E-state index >= 15 is 0 Å². The Balaban J connectivity index is 1.92. The summed E-state index contributed by atoms with van der Waals surface area (Å²) in [6.45, 7) is 1.65. The molecule has 0 radical (unpaired) electrons. The van der Waals surface area contributed by atoms with Gasteiger partial charge >= 0.3 is 33.3 Å². The topological polar surface area (TPSA) is 326 Å². The van der Waals surface area contributed by atoms with Gasteiger partial charge in [-0.05, 0) is 63.9 Å². The molecule has 21 nitrogen and oxygen atoms in total.